The molecule has 0 amide bonds. The molecule has 0 radical (unpaired) electrons. The third-order valence-corrected chi connectivity index (χ3v) is 14.0. The van der Waals surface area contributed by atoms with Crippen LogP contribution in [0.3, 0.4) is 0 Å². The summed E-state index contributed by atoms with van der Waals surface area (Å²) in [4.78, 5) is 38.3. The Labute approximate surface area is 482 Å². The summed E-state index contributed by atoms with van der Waals surface area (Å²) in [5.74, 6) is -0.948. The molecule has 0 saturated carbocycles. The molecule has 1 unspecified atom stereocenters. The second-order valence-corrected chi connectivity index (χ2v) is 21.6. The third kappa shape index (κ3) is 62.9. The maximum atomic E-state index is 12.9. The van der Waals surface area contributed by atoms with Gasteiger partial charge in [0.25, 0.3) is 0 Å². The van der Waals surface area contributed by atoms with Crippen LogP contribution in [0.2, 0.25) is 0 Å². The number of allylic oxidation sites excluding steroid dienone is 18. The van der Waals surface area contributed by atoms with Gasteiger partial charge in [0, 0.05) is 19.3 Å². The van der Waals surface area contributed by atoms with Crippen molar-refractivity contribution in [3.8, 4) is 0 Å². The van der Waals surface area contributed by atoms with Crippen molar-refractivity contribution >= 4 is 17.9 Å². The van der Waals surface area contributed by atoms with E-state index < -0.39 is 6.10 Å². The van der Waals surface area contributed by atoms with Gasteiger partial charge in [-0.3, -0.25) is 14.4 Å². The van der Waals surface area contributed by atoms with E-state index in [-0.39, 0.29) is 31.1 Å². The molecular formula is C72H122O6. The fraction of sp³-hybridized carbons (Fsp3) is 0.708. The molecule has 0 aromatic rings. The minimum absolute atomic E-state index is 0.0974. The molecule has 6 nitrogen and oxygen atoms in total. The molecule has 0 aliphatic heterocycles. The molecular weight excluding hydrogens is 961 g/mol. The van der Waals surface area contributed by atoms with Gasteiger partial charge in [-0.05, 0) is 128 Å². The minimum atomic E-state index is -0.805. The van der Waals surface area contributed by atoms with E-state index >= 15 is 0 Å². The lowest BCUT2D eigenvalue weighted by molar-refractivity contribution is -0.167. The molecule has 0 saturated heterocycles. The molecule has 0 heterocycles. The van der Waals surface area contributed by atoms with Crippen molar-refractivity contribution in [2.75, 3.05) is 13.2 Å². The van der Waals surface area contributed by atoms with Crippen molar-refractivity contribution in [3.63, 3.8) is 0 Å². The first-order valence-corrected chi connectivity index (χ1v) is 32.9. The Balaban J connectivity index is 4.31. The number of ether oxygens (including phenoxy) is 3. The van der Waals surface area contributed by atoms with E-state index in [0.29, 0.717) is 19.3 Å². The summed E-state index contributed by atoms with van der Waals surface area (Å²) in [6, 6.07) is 0. The Morgan fingerprint density at radius 3 is 0.821 bits per heavy atom. The van der Waals surface area contributed by atoms with Gasteiger partial charge in [-0.2, -0.15) is 0 Å². The zero-order valence-electron chi connectivity index (χ0n) is 51.2. The normalized spacial score (nSPS) is 12.8. The van der Waals surface area contributed by atoms with Crippen molar-refractivity contribution in [2.24, 2.45) is 0 Å². The van der Waals surface area contributed by atoms with Gasteiger partial charge in [-0.1, -0.05) is 271 Å². The third-order valence-electron chi connectivity index (χ3n) is 14.0. The second kappa shape index (κ2) is 65.6. The van der Waals surface area contributed by atoms with E-state index in [9.17, 15) is 14.4 Å². The Kier molecular flexibility index (Phi) is 62.3. The van der Waals surface area contributed by atoms with Crippen LogP contribution in [0.1, 0.15) is 310 Å². The van der Waals surface area contributed by atoms with Gasteiger partial charge in [0.1, 0.15) is 13.2 Å². The molecule has 0 bridgehead atoms. The SMILES string of the molecule is CC/C=C\C/C=C\C/C=C\C/C=C\CCCCC(=O)OCC(COC(=O)CCCCCCCCCCCCCCCC/C=C\C/C=C\C/C=C\CCCCCCC)OC(=O)CCCCCCC/C=C\C/C=C\CCCCCC. The van der Waals surface area contributed by atoms with Crippen LogP contribution in [-0.2, 0) is 28.6 Å². The summed E-state index contributed by atoms with van der Waals surface area (Å²) < 4.78 is 16.9. The first-order chi connectivity index (χ1) is 38.5. The number of esters is 3. The molecule has 0 N–H and O–H groups in total. The highest BCUT2D eigenvalue weighted by Gasteiger charge is 2.19. The number of hydrogen-bond donors (Lipinski definition) is 0. The molecule has 0 rings (SSSR count). The predicted molar refractivity (Wildman–Crippen MR) is 339 cm³/mol. The number of hydrogen-bond acceptors (Lipinski definition) is 6. The maximum absolute atomic E-state index is 12.9. The average Bonchev–Trinajstić information content (AvgIpc) is 3.44. The van der Waals surface area contributed by atoms with Crippen LogP contribution in [0.15, 0.2) is 109 Å². The molecule has 0 aliphatic carbocycles. The quantitative estimate of drug-likeness (QED) is 0.0261. The zero-order valence-corrected chi connectivity index (χ0v) is 51.2. The molecule has 0 aliphatic rings. The van der Waals surface area contributed by atoms with Gasteiger partial charge in [0.15, 0.2) is 6.10 Å². The van der Waals surface area contributed by atoms with Gasteiger partial charge in [0.2, 0.25) is 0 Å². The molecule has 0 spiro atoms. The standard InChI is InChI=1S/C72H122O6/c1-4-7-10-13-16-19-22-25-28-30-31-32-33-34-35-36-37-38-39-40-41-42-45-47-50-53-56-59-62-65-71(74)77-68-69(67-76-70(73)64-61-58-55-52-49-46-43-27-24-21-18-15-12-9-6-3)78-72(75)66-63-60-57-54-51-48-44-29-26-23-20-17-14-11-8-5-2/h9,12,18,20-23,25,27,29-31,33-34,43-44,49,52,69H,4-8,10-11,13-17,19,24,26,28,32,35-42,45-48,50-51,53-68H2,1-3H3/b12-9-,21-18-,23-20-,25-22-,31-30-,34-33-,43-27-,44-29-,52-49-. The highest BCUT2D eigenvalue weighted by atomic mass is 16.6. The first kappa shape index (κ1) is 74.1. The topological polar surface area (TPSA) is 78.9 Å². The fourth-order valence-corrected chi connectivity index (χ4v) is 9.06. The summed E-state index contributed by atoms with van der Waals surface area (Å²) in [6.45, 7) is 6.47. The highest BCUT2D eigenvalue weighted by molar-refractivity contribution is 5.71. The van der Waals surface area contributed by atoms with Crippen molar-refractivity contribution in [1.82, 2.24) is 0 Å². The fourth-order valence-electron chi connectivity index (χ4n) is 9.06. The number of carbonyl (C=O) groups excluding carboxylic acids is 3. The summed E-state index contributed by atoms with van der Waals surface area (Å²) in [5, 5.41) is 0. The van der Waals surface area contributed by atoms with Crippen LogP contribution in [0.4, 0.5) is 0 Å². The summed E-state index contributed by atoms with van der Waals surface area (Å²) >= 11 is 0. The van der Waals surface area contributed by atoms with Gasteiger partial charge in [-0.15, -0.1) is 0 Å². The Bertz CT molecular complexity index is 1570. The molecule has 6 heteroatoms. The largest absolute Gasteiger partial charge is 0.462 e. The van der Waals surface area contributed by atoms with Crippen LogP contribution in [0, 0.1) is 0 Å². The van der Waals surface area contributed by atoms with Crippen LogP contribution < -0.4 is 0 Å². The van der Waals surface area contributed by atoms with Gasteiger partial charge < -0.3 is 14.2 Å². The van der Waals surface area contributed by atoms with Crippen LogP contribution in [-0.4, -0.2) is 37.2 Å². The van der Waals surface area contributed by atoms with E-state index in [1.807, 2.05) is 0 Å². The first-order valence-electron chi connectivity index (χ1n) is 32.9. The molecule has 0 aromatic heterocycles. The summed E-state index contributed by atoms with van der Waals surface area (Å²) in [6.07, 6.45) is 89.6. The summed E-state index contributed by atoms with van der Waals surface area (Å²) in [7, 11) is 0. The Morgan fingerprint density at radius 2 is 0.500 bits per heavy atom. The Morgan fingerprint density at radius 1 is 0.269 bits per heavy atom. The molecule has 0 fully saturated rings. The second-order valence-electron chi connectivity index (χ2n) is 21.6. The molecule has 0 aromatic carbocycles. The predicted octanol–water partition coefficient (Wildman–Crippen LogP) is 22.6. The maximum Gasteiger partial charge on any atom is 0.306 e. The average molecular weight is 1080 g/mol. The minimum Gasteiger partial charge on any atom is -0.462 e. The number of carbonyl (C=O) groups is 3. The van der Waals surface area contributed by atoms with E-state index in [2.05, 4.69) is 130 Å². The smallest absolute Gasteiger partial charge is 0.306 e. The molecule has 1 atom stereocenters. The number of unbranched alkanes of at least 4 members (excludes halogenated alkanes) is 30. The van der Waals surface area contributed by atoms with E-state index in [1.165, 1.54) is 148 Å². The van der Waals surface area contributed by atoms with Crippen LogP contribution in [0.5, 0.6) is 0 Å². The van der Waals surface area contributed by atoms with Gasteiger partial charge >= 0.3 is 17.9 Å². The van der Waals surface area contributed by atoms with Crippen molar-refractivity contribution in [1.29, 1.82) is 0 Å². The van der Waals surface area contributed by atoms with Crippen LogP contribution >= 0.6 is 0 Å². The number of rotatable bonds is 59. The monoisotopic (exact) mass is 1080 g/mol. The van der Waals surface area contributed by atoms with Gasteiger partial charge in [-0.25, -0.2) is 0 Å². The van der Waals surface area contributed by atoms with E-state index in [0.717, 1.165) is 122 Å². The summed E-state index contributed by atoms with van der Waals surface area (Å²) in [5.41, 5.74) is 0. The van der Waals surface area contributed by atoms with Gasteiger partial charge in [0.05, 0.1) is 0 Å². The van der Waals surface area contributed by atoms with E-state index in [4.69, 9.17) is 14.2 Å². The van der Waals surface area contributed by atoms with Crippen LogP contribution in [0.25, 0.3) is 0 Å². The lowest BCUT2D eigenvalue weighted by Crippen LogP contribution is -2.30. The molecule has 78 heavy (non-hydrogen) atoms. The lowest BCUT2D eigenvalue weighted by Gasteiger charge is -2.18. The van der Waals surface area contributed by atoms with E-state index in [1.54, 1.807) is 0 Å². The van der Waals surface area contributed by atoms with Crippen molar-refractivity contribution < 1.29 is 28.6 Å². The zero-order chi connectivity index (χ0) is 56.4. The highest BCUT2D eigenvalue weighted by Crippen LogP contribution is 2.16. The Hall–Kier alpha value is -3.93. The van der Waals surface area contributed by atoms with Crippen molar-refractivity contribution in [3.05, 3.63) is 109 Å². The lowest BCUT2D eigenvalue weighted by atomic mass is 10.0. The molecule has 446 valence electrons. The van der Waals surface area contributed by atoms with Crippen molar-refractivity contribution in [2.45, 2.75) is 316 Å².